The lowest BCUT2D eigenvalue weighted by atomic mass is 10.4. The van der Waals surface area contributed by atoms with E-state index in [2.05, 4.69) is 35.0 Å². The van der Waals surface area contributed by atoms with Crippen LogP contribution in [-0.2, 0) is 13.1 Å². The molecule has 68 valence electrons. The van der Waals surface area contributed by atoms with E-state index in [9.17, 15) is 0 Å². The monoisotopic (exact) mass is 167 g/mol. The number of nitrogens with zero attached hydrogens (tertiary/aromatic N) is 2. The first-order valence-corrected chi connectivity index (χ1v) is 4.59. The summed E-state index contributed by atoms with van der Waals surface area (Å²) in [5.74, 6) is 0. The van der Waals surface area contributed by atoms with Gasteiger partial charge in [-0.25, -0.2) is 0 Å². The van der Waals surface area contributed by atoms with Crippen molar-refractivity contribution < 1.29 is 0 Å². The molecule has 1 heterocycles. The van der Waals surface area contributed by atoms with Gasteiger partial charge in [-0.2, -0.15) is 5.10 Å². The molecule has 0 saturated carbocycles. The Bertz CT molecular complexity index is 217. The van der Waals surface area contributed by atoms with E-state index in [1.165, 1.54) is 5.69 Å². The van der Waals surface area contributed by atoms with Gasteiger partial charge in [-0.1, -0.05) is 13.8 Å². The third-order valence-corrected chi connectivity index (χ3v) is 1.80. The van der Waals surface area contributed by atoms with Crippen molar-refractivity contribution in [3.8, 4) is 0 Å². The van der Waals surface area contributed by atoms with Crippen LogP contribution in [0.2, 0.25) is 0 Å². The van der Waals surface area contributed by atoms with Crippen molar-refractivity contribution in [3.05, 3.63) is 18.0 Å². The minimum atomic E-state index is 0.927. The van der Waals surface area contributed by atoms with Gasteiger partial charge < -0.3 is 5.32 Å². The van der Waals surface area contributed by atoms with Crippen molar-refractivity contribution >= 4 is 0 Å². The fourth-order valence-electron chi connectivity index (χ4n) is 1.18. The van der Waals surface area contributed by atoms with E-state index in [0.717, 1.165) is 26.1 Å². The zero-order chi connectivity index (χ0) is 8.81. The normalized spacial score (nSPS) is 10.5. The molecule has 1 N–H and O–H groups in total. The summed E-state index contributed by atoms with van der Waals surface area (Å²) in [5.41, 5.74) is 1.28. The largest absolute Gasteiger partial charge is 0.311 e. The highest BCUT2D eigenvalue weighted by atomic mass is 15.3. The highest BCUT2D eigenvalue weighted by Crippen LogP contribution is 1.99. The van der Waals surface area contributed by atoms with Crippen LogP contribution >= 0.6 is 0 Å². The number of hydrogen-bond donors (Lipinski definition) is 1. The quantitative estimate of drug-likeness (QED) is 0.718. The van der Waals surface area contributed by atoms with Crippen molar-refractivity contribution in [2.45, 2.75) is 33.4 Å². The second-order valence-electron chi connectivity index (χ2n) is 2.83. The molecule has 0 radical (unpaired) electrons. The summed E-state index contributed by atoms with van der Waals surface area (Å²) in [6.07, 6.45) is 3.00. The Morgan fingerprint density at radius 2 is 2.33 bits per heavy atom. The molecule has 1 aromatic heterocycles. The second-order valence-corrected chi connectivity index (χ2v) is 2.83. The van der Waals surface area contributed by atoms with Crippen LogP contribution in [0.15, 0.2) is 12.3 Å². The summed E-state index contributed by atoms with van der Waals surface area (Å²) in [6, 6.07) is 2.07. The van der Waals surface area contributed by atoms with Gasteiger partial charge in [0.05, 0.1) is 5.69 Å². The van der Waals surface area contributed by atoms with Gasteiger partial charge >= 0.3 is 0 Å². The average Bonchev–Trinajstić information content (AvgIpc) is 2.50. The maximum atomic E-state index is 4.24. The molecule has 0 bridgehead atoms. The molecule has 0 spiro atoms. The summed E-state index contributed by atoms with van der Waals surface area (Å²) >= 11 is 0. The van der Waals surface area contributed by atoms with Crippen molar-refractivity contribution in [2.24, 2.45) is 0 Å². The zero-order valence-corrected chi connectivity index (χ0v) is 7.88. The molecule has 0 unspecified atom stereocenters. The van der Waals surface area contributed by atoms with E-state index in [0.29, 0.717) is 0 Å². The Balaban J connectivity index is 2.51. The van der Waals surface area contributed by atoms with Gasteiger partial charge in [0.2, 0.25) is 0 Å². The lowest BCUT2D eigenvalue weighted by Crippen LogP contribution is -2.16. The van der Waals surface area contributed by atoms with Crippen molar-refractivity contribution in [1.29, 1.82) is 0 Å². The minimum Gasteiger partial charge on any atom is -0.311 e. The first-order valence-electron chi connectivity index (χ1n) is 4.59. The molecular weight excluding hydrogens is 150 g/mol. The molecule has 0 atom stereocenters. The molecule has 0 saturated heterocycles. The van der Waals surface area contributed by atoms with Crippen LogP contribution in [0, 0.1) is 0 Å². The van der Waals surface area contributed by atoms with Gasteiger partial charge in [-0.05, 0) is 19.0 Å². The van der Waals surface area contributed by atoms with Gasteiger partial charge in [-0.15, -0.1) is 0 Å². The van der Waals surface area contributed by atoms with Crippen molar-refractivity contribution in [1.82, 2.24) is 15.1 Å². The number of nitrogens with one attached hydrogen (secondary N) is 1. The summed E-state index contributed by atoms with van der Waals surface area (Å²) < 4.78 is 2.06. The maximum absolute atomic E-state index is 4.24. The Morgan fingerprint density at radius 3 is 3.00 bits per heavy atom. The first-order chi connectivity index (χ1) is 5.88. The van der Waals surface area contributed by atoms with Crippen LogP contribution < -0.4 is 5.32 Å². The molecular formula is C9H17N3. The maximum Gasteiger partial charge on any atom is 0.0522 e. The number of aromatic nitrogens is 2. The van der Waals surface area contributed by atoms with Crippen molar-refractivity contribution in [3.63, 3.8) is 0 Å². The van der Waals surface area contributed by atoms with E-state index in [1.54, 1.807) is 0 Å². The highest BCUT2D eigenvalue weighted by molar-refractivity contribution is 4.99. The smallest absolute Gasteiger partial charge is 0.0522 e. The van der Waals surface area contributed by atoms with Crippen LogP contribution in [0.4, 0.5) is 0 Å². The first kappa shape index (κ1) is 9.26. The fraction of sp³-hybridized carbons (Fsp3) is 0.667. The summed E-state index contributed by atoms with van der Waals surface area (Å²) in [4.78, 5) is 0. The Kier molecular flexibility index (Phi) is 3.80. The predicted octanol–water partition coefficient (Wildman–Crippen LogP) is 1.40. The van der Waals surface area contributed by atoms with Gasteiger partial charge in [0.15, 0.2) is 0 Å². The molecule has 0 aromatic carbocycles. The van der Waals surface area contributed by atoms with Crippen LogP contribution in [-0.4, -0.2) is 16.3 Å². The molecule has 0 aliphatic carbocycles. The summed E-state index contributed by atoms with van der Waals surface area (Å²) in [5, 5.41) is 7.52. The third kappa shape index (κ3) is 2.34. The Hall–Kier alpha value is -0.830. The van der Waals surface area contributed by atoms with E-state index in [-0.39, 0.29) is 0 Å². The van der Waals surface area contributed by atoms with Crippen LogP contribution in [0.3, 0.4) is 0 Å². The second kappa shape index (κ2) is 4.93. The number of aryl methyl sites for hydroxylation is 1. The molecule has 0 fully saturated rings. The molecule has 3 heteroatoms. The molecule has 0 aliphatic heterocycles. The number of rotatable bonds is 5. The van der Waals surface area contributed by atoms with E-state index in [1.807, 2.05) is 6.20 Å². The van der Waals surface area contributed by atoms with Crippen LogP contribution in [0.5, 0.6) is 0 Å². The SMILES string of the molecule is CCCn1nccc1CNCC. The van der Waals surface area contributed by atoms with Crippen molar-refractivity contribution in [2.75, 3.05) is 6.54 Å². The molecule has 1 aromatic rings. The zero-order valence-electron chi connectivity index (χ0n) is 7.88. The molecule has 0 aliphatic rings. The Morgan fingerprint density at radius 1 is 1.50 bits per heavy atom. The fourth-order valence-corrected chi connectivity index (χ4v) is 1.18. The van der Waals surface area contributed by atoms with E-state index >= 15 is 0 Å². The van der Waals surface area contributed by atoms with Gasteiger partial charge in [0.25, 0.3) is 0 Å². The standard InChI is InChI=1S/C9H17N3/c1-3-7-12-9(5-6-11-12)8-10-4-2/h5-6,10H,3-4,7-8H2,1-2H3. The number of hydrogen-bond acceptors (Lipinski definition) is 2. The molecule has 12 heavy (non-hydrogen) atoms. The van der Waals surface area contributed by atoms with Crippen LogP contribution in [0.25, 0.3) is 0 Å². The van der Waals surface area contributed by atoms with Crippen LogP contribution in [0.1, 0.15) is 26.0 Å². The summed E-state index contributed by atoms with van der Waals surface area (Å²) in [7, 11) is 0. The van der Waals surface area contributed by atoms with E-state index in [4.69, 9.17) is 0 Å². The molecule has 3 nitrogen and oxygen atoms in total. The topological polar surface area (TPSA) is 29.9 Å². The van der Waals surface area contributed by atoms with Gasteiger partial charge in [-0.3, -0.25) is 4.68 Å². The lowest BCUT2D eigenvalue weighted by molar-refractivity contribution is 0.554. The highest BCUT2D eigenvalue weighted by Gasteiger charge is 1.98. The average molecular weight is 167 g/mol. The van der Waals surface area contributed by atoms with E-state index < -0.39 is 0 Å². The Labute approximate surface area is 73.8 Å². The predicted molar refractivity (Wildman–Crippen MR) is 49.9 cm³/mol. The third-order valence-electron chi connectivity index (χ3n) is 1.80. The molecule has 1 rings (SSSR count). The lowest BCUT2D eigenvalue weighted by Gasteiger charge is -2.05. The van der Waals surface area contributed by atoms with Gasteiger partial charge in [0, 0.05) is 19.3 Å². The molecule has 0 amide bonds. The summed E-state index contributed by atoms with van der Waals surface area (Å²) in [6.45, 7) is 7.24. The minimum absolute atomic E-state index is 0.927. The van der Waals surface area contributed by atoms with Gasteiger partial charge in [0.1, 0.15) is 0 Å².